The molecule has 2 aliphatic rings. The number of carbonyl (C=O) groups is 1. The van der Waals surface area contributed by atoms with Crippen molar-refractivity contribution in [1.29, 1.82) is 0 Å². The summed E-state index contributed by atoms with van der Waals surface area (Å²) in [5.41, 5.74) is 1.28. The highest BCUT2D eigenvalue weighted by Crippen LogP contribution is 2.51. The second kappa shape index (κ2) is 6.77. The lowest BCUT2D eigenvalue weighted by atomic mass is 9.64. The maximum Gasteiger partial charge on any atom is 0.172 e. The Hall–Kier alpha value is -1.52. The molecular weight excluding hydrogens is 321 g/mol. The number of fused-ring (bicyclic) bond motifs is 1. The zero-order chi connectivity index (χ0) is 16.5. The molecule has 4 heteroatoms. The van der Waals surface area contributed by atoms with E-state index in [4.69, 9.17) is 0 Å². The van der Waals surface area contributed by atoms with Gasteiger partial charge in [0.2, 0.25) is 0 Å². The summed E-state index contributed by atoms with van der Waals surface area (Å²) in [7, 11) is 0. The van der Waals surface area contributed by atoms with Crippen molar-refractivity contribution in [1.82, 2.24) is 4.90 Å². The van der Waals surface area contributed by atoms with Crippen molar-refractivity contribution in [3.05, 3.63) is 58.0 Å². The van der Waals surface area contributed by atoms with E-state index < -0.39 is 0 Å². The summed E-state index contributed by atoms with van der Waals surface area (Å²) in [6.07, 6.45) is 2.81. The number of rotatable bonds is 6. The maximum atomic E-state index is 13.1. The largest absolute Gasteiger partial charge is 0.303 e. The summed E-state index contributed by atoms with van der Waals surface area (Å²) < 4.78 is 13.1. The first-order chi connectivity index (χ1) is 11.7. The topological polar surface area (TPSA) is 20.3 Å². The van der Waals surface area contributed by atoms with Gasteiger partial charge in [-0.2, -0.15) is 0 Å². The van der Waals surface area contributed by atoms with Crippen molar-refractivity contribution in [2.75, 3.05) is 19.6 Å². The Balaban J connectivity index is 1.25. The van der Waals surface area contributed by atoms with Gasteiger partial charge in [0.25, 0.3) is 0 Å². The third-order valence-corrected chi connectivity index (χ3v) is 6.52. The van der Waals surface area contributed by atoms with Crippen molar-refractivity contribution in [3.63, 3.8) is 0 Å². The molecule has 2 fully saturated rings. The Morgan fingerprint density at radius 3 is 2.79 bits per heavy atom. The highest BCUT2D eigenvalue weighted by atomic mass is 32.1. The van der Waals surface area contributed by atoms with Crippen molar-refractivity contribution < 1.29 is 9.18 Å². The number of likely N-dealkylation sites (tertiary alicyclic amines) is 1. The van der Waals surface area contributed by atoms with Crippen molar-refractivity contribution >= 4 is 17.1 Å². The van der Waals surface area contributed by atoms with Gasteiger partial charge in [-0.3, -0.25) is 4.79 Å². The molecule has 1 aromatic carbocycles. The van der Waals surface area contributed by atoms with Gasteiger partial charge < -0.3 is 4.90 Å². The average molecular weight is 343 g/mol. The van der Waals surface area contributed by atoms with Crippen LogP contribution < -0.4 is 0 Å². The minimum atomic E-state index is -0.155. The monoisotopic (exact) mass is 343 g/mol. The fraction of sp³-hybridized carbons (Fsp3) is 0.450. The lowest BCUT2D eigenvalue weighted by Gasteiger charge is -2.40. The predicted molar refractivity (Wildman–Crippen MR) is 95.1 cm³/mol. The molecule has 2 nitrogen and oxygen atoms in total. The first-order valence-corrected chi connectivity index (χ1v) is 9.63. The van der Waals surface area contributed by atoms with E-state index in [-0.39, 0.29) is 11.6 Å². The Morgan fingerprint density at radius 2 is 2.04 bits per heavy atom. The molecular formula is C20H22FNOS. The standard InChI is InChI=1S/C20H22FNOS/c21-16-7-5-14(6-8-16)17-11-15-12-22(13-18(15)17)9-1-3-19(23)20-4-2-10-24-20/h2,4-8,10,15,17-18H,1,3,9,11-13H2. The van der Waals surface area contributed by atoms with Crippen LogP contribution in [0.4, 0.5) is 4.39 Å². The summed E-state index contributed by atoms with van der Waals surface area (Å²) >= 11 is 1.53. The van der Waals surface area contributed by atoms with Crippen LogP contribution in [0, 0.1) is 17.7 Å². The Kier molecular flexibility index (Phi) is 4.51. The molecule has 1 aliphatic heterocycles. The smallest absolute Gasteiger partial charge is 0.172 e. The highest BCUT2D eigenvalue weighted by molar-refractivity contribution is 7.12. The third-order valence-electron chi connectivity index (χ3n) is 5.61. The number of hydrogen-bond donors (Lipinski definition) is 0. The minimum Gasteiger partial charge on any atom is -0.303 e. The van der Waals surface area contributed by atoms with E-state index in [2.05, 4.69) is 4.90 Å². The number of halogens is 1. The van der Waals surface area contributed by atoms with Crippen LogP contribution in [0.3, 0.4) is 0 Å². The first kappa shape index (κ1) is 16.0. The number of Topliss-reactive ketones (excluding diaryl/α,β-unsaturated/α-hetero) is 1. The van der Waals surface area contributed by atoms with E-state index in [0.717, 1.165) is 36.9 Å². The van der Waals surface area contributed by atoms with Crippen molar-refractivity contribution in [2.45, 2.75) is 25.2 Å². The molecule has 4 rings (SSSR count). The lowest BCUT2D eigenvalue weighted by molar-refractivity contribution is 0.0980. The van der Waals surface area contributed by atoms with E-state index in [9.17, 15) is 9.18 Å². The summed E-state index contributed by atoms with van der Waals surface area (Å²) in [6, 6.07) is 10.9. The zero-order valence-electron chi connectivity index (χ0n) is 13.7. The number of thiophene rings is 1. The van der Waals surface area contributed by atoms with Gasteiger partial charge >= 0.3 is 0 Å². The molecule has 0 amide bonds. The van der Waals surface area contributed by atoms with Crippen molar-refractivity contribution in [2.24, 2.45) is 11.8 Å². The molecule has 0 radical (unpaired) electrons. The summed E-state index contributed by atoms with van der Waals surface area (Å²) in [5, 5.41) is 1.96. The summed E-state index contributed by atoms with van der Waals surface area (Å²) in [4.78, 5) is 15.4. The predicted octanol–water partition coefficient (Wildman–Crippen LogP) is 4.59. The molecule has 126 valence electrons. The van der Waals surface area contributed by atoms with Crippen LogP contribution in [0.1, 0.15) is 40.4 Å². The molecule has 3 atom stereocenters. The molecule has 2 heterocycles. The van der Waals surface area contributed by atoms with Crippen LogP contribution in [0.5, 0.6) is 0 Å². The quantitative estimate of drug-likeness (QED) is 0.715. The zero-order valence-corrected chi connectivity index (χ0v) is 14.5. The first-order valence-electron chi connectivity index (χ1n) is 8.75. The van der Waals surface area contributed by atoms with Gasteiger partial charge in [0, 0.05) is 19.5 Å². The number of carbonyl (C=O) groups excluding carboxylic acids is 1. The van der Waals surface area contributed by atoms with E-state index in [1.165, 1.54) is 23.3 Å². The number of benzene rings is 1. The third kappa shape index (κ3) is 3.17. The van der Waals surface area contributed by atoms with Crippen LogP contribution in [0.15, 0.2) is 41.8 Å². The summed E-state index contributed by atoms with van der Waals surface area (Å²) in [6.45, 7) is 3.30. The van der Waals surface area contributed by atoms with Gasteiger partial charge in [0.1, 0.15) is 5.82 Å². The Morgan fingerprint density at radius 1 is 1.21 bits per heavy atom. The van der Waals surface area contributed by atoms with Gasteiger partial charge in [0.15, 0.2) is 5.78 Å². The molecule has 0 bridgehead atoms. The Labute approximate surface area is 146 Å². The Bertz CT molecular complexity index is 697. The van der Waals surface area contributed by atoms with Gasteiger partial charge in [-0.05, 0) is 66.3 Å². The fourth-order valence-electron chi connectivity index (χ4n) is 4.30. The molecule has 2 aromatic rings. The number of hydrogen-bond acceptors (Lipinski definition) is 3. The normalized spacial score (nSPS) is 26.1. The minimum absolute atomic E-state index is 0.155. The maximum absolute atomic E-state index is 13.1. The van der Waals surface area contributed by atoms with Crippen LogP contribution in [-0.4, -0.2) is 30.3 Å². The molecule has 1 aromatic heterocycles. The number of nitrogens with zero attached hydrogens (tertiary/aromatic N) is 1. The molecule has 1 saturated carbocycles. The average Bonchev–Trinajstić information content (AvgIpc) is 3.20. The molecule has 0 N–H and O–H groups in total. The van der Waals surface area contributed by atoms with E-state index in [1.54, 1.807) is 12.1 Å². The second-order valence-electron chi connectivity index (χ2n) is 7.08. The van der Waals surface area contributed by atoms with Gasteiger partial charge in [0.05, 0.1) is 4.88 Å². The van der Waals surface area contributed by atoms with Gasteiger partial charge in [-0.25, -0.2) is 4.39 Å². The van der Waals surface area contributed by atoms with Crippen molar-refractivity contribution in [3.8, 4) is 0 Å². The van der Waals surface area contributed by atoms with Crippen LogP contribution in [-0.2, 0) is 0 Å². The SMILES string of the molecule is O=C(CCCN1CC2CC(c3ccc(F)cc3)C2C1)c1cccs1. The lowest BCUT2D eigenvalue weighted by Crippen LogP contribution is -2.33. The molecule has 24 heavy (non-hydrogen) atoms. The molecule has 0 spiro atoms. The van der Waals surface area contributed by atoms with E-state index in [1.807, 2.05) is 29.6 Å². The summed E-state index contributed by atoms with van der Waals surface area (Å²) in [5.74, 6) is 2.21. The van der Waals surface area contributed by atoms with Crippen LogP contribution >= 0.6 is 11.3 Å². The van der Waals surface area contributed by atoms with Crippen LogP contribution in [0.2, 0.25) is 0 Å². The van der Waals surface area contributed by atoms with E-state index in [0.29, 0.717) is 18.3 Å². The second-order valence-corrected chi connectivity index (χ2v) is 8.03. The fourth-order valence-corrected chi connectivity index (χ4v) is 4.99. The molecule has 1 saturated heterocycles. The van der Waals surface area contributed by atoms with Gasteiger partial charge in [-0.1, -0.05) is 18.2 Å². The highest BCUT2D eigenvalue weighted by Gasteiger charge is 2.47. The van der Waals surface area contributed by atoms with E-state index >= 15 is 0 Å². The van der Waals surface area contributed by atoms with Gasteiger partial charge in [-0.15, -0.1) is 11.3 Å². The number of ketones is 1. The molecule has 1 aliphatic carbocycles. The van der Waals surface area contributed by atoms with Crippen LogP contribution in [0.25, 0.3) is 0 Å². The molecule has 3 unspecified atom stereocenters.